The number of unbranched alkanes of at least 4 members (excludes halogenated alkanes) is 1. The average molecular weight is 951 g/mol. The first-order valence-corrected chi connectivity index (χ1v) is 23.8. The number of aromatic nitrogens is 4. The minimum absolute atomic E-state index is 0.0160. The molecule has 68 heavy (non-hydrogen) atoms. The fourth-order valence-electron chi connectivity index (χ4n) is 7.72. The highest BCUT2D eigenvalue weighted by molar-refractivity contribution is 7.13. The Balaban J connectivity index is 0.920. The number of aliphatic hydroxyl groups excluding tert-OH is 1. The monoisotopic (exact) mass is 950 g/mol. The Morgan fingerprint density at radius 2 is 1.69 bits per heavy atom. The summed E-state index contributed by atoms with van der Waals surface area (Å²) in [6, 6.07) is 19.6. The molecule has 362 valence electrons. The van der Waals surface area contributed by atoms with Crippen molar-refractivity contribution in [3.05, 3.63) is 113 Å². The van der Waals surface area contributed by atoms with Gasteiger partial charge >= 0.3 is 6.03 Å². The molecule has 1 saturated heterocycles. The second kappa shape index (κ2) is 23.8. The maximum atomic E-state index is 14.1. The normalized spacial score (nSPS) is 15.1. The molecule has 0 radical (unpaired) electrons. The Hall–Kier alpha value is -6.70. The quantitative estimate of drug-likeness (QED) is 0.0289. The number of benzene rings is 3. The van der Waals surface area contributed by atoms with E-state index in [1.54, 1.807) is 81.1 Å². The van der Waals surface area contributed by atoms with E-state index in [1.807, 2.05) is 57.5 Å². The number of likely N-dealkylation sites (tertiary alicyclic amines) is 1. The Bertz CT molecular complexity index is 2470. The van der Waals surface area contributed by atoms with Gasteiger partial charge in [0.15, 0.2) is 0 Å². The van der Waals surface area contributed by atoms with Gasteiger partial charge in [0.1, 0.15) is 17.8 Å². The van der Waals surface area contributed by atoms with Crippen molar-refractivity contribution in [2.75, 3.05) is 25.0 Å². The first-order valence-electron chi connectivity index (χ1n) is 22.9. The zero-order chi connectivity index (χ0) is 48.8. The van der Waals surface area contributed by atoms with E-state index < -0.39 is 35.4 Å². The fraction of sp³-hybridized carbons (Fsp3) is 0.429. The second-order valence-corrected chi connectivity index (χ2v) is 18.8. The van der Waals surface area contributed by atoms with Crippen LogP contribution in [-0.2, 0) is 40.4 Å². The number of nitrogens with zero attached hydrogens (tertiary/aromatic N) is 6. The van der Waals surface area contributed by atoms with Crippen LogP contribution in [0.4, 0.5) is 10.5 Å². The number of ether oxygens (including phenoxy) is 1. The molecule has 3 atom stereocenters. The Morgan fingerprint density at radius 3 is 2.35 bits per heavy atom. The van der Waals surface area contributed by atoms with Crippen LogP contribution < -0.4 is 26.2 Å². The van der Waals surface area contributed by atoms with Crippen LogP contribution in [0.1, 0.15) is 92.7 Å². The average Bonchev–Trinajstić information content (AvgIpc) is 4.09. The molecule has 18 nitrogen and oxygen atoms in total. The first-order chi connectivity index (χ1) is 32.6. The highest BCUT2D eigenvalue weighted by atomic mass is 32.1. The topological polar surface area (TPSA) is 233 Å². The molecular weight excluding hydrogens is 889 g/mol. The van der Waals surface area contributed by atoms with E-state index in [0.717, 1.165) is 40.1 Å². The summed E-state index contributed by atoms with van der Waals surface area (Å²) in [6.45, 7) is 11.6. The zero-order valence-electron chi connectivity index (χ0n) is 39.2. The van der Waals surface area contributed by atoms with Crippen LogP contribution in [0.25, 0.3) is 10.4 Å². The van der Waals surface area contributed by atoms with E-state index in [9.17, 15) is 29.1 Å². The van der Waals surface area contributed by atoms with Crippen LogP contribution in [0.2, 0.25) is 0 Å². The van der Waals surface area contributed by atoms with Crippen molar-refractivity contribution >= 4 is 46.7 Å². The lowest BCUT2D eigenvalue weighted by atomic mass is 9.85. The summed E-state index contributed by atoms with van der Waals surface area (Å²) < 4.78 is 7.62. The summed E-state index contributed by atoms with van der Waals surface area (Å²) in [7, 11) is 0. The highest BCUT2D eigenvalue weighted by Gasteiger charge is 2.44. The molecule has 5 aromatic rings. The van der Waals surface area contributed by atoms with Crippen molar-refractivity contribution in [1.29, 1.82) is 0 Å². The third-order valence-corrected chi connectivity index (χ3v) is 12.5. The van der Waals surface area contributed by atoms with Crippen LogP contribution in [0.15, 0.2) is 84.5 Å². The number of anilines is 1. The molecule has 6 amide bonds. The molecule has 3 heterocycles. The van der Waals surface area contributed by atoms with Gasteiger partial charge in [0, 0.05) is 75.9 Å². The maximum absolute atomic E-state index is 14.1. The lowest BCUT2D eigenvalue weighted by molar-refractivity contribution is -0.144. The molecule has 6 rings (SSSR count). The number of amides is 6. The standard InChI is InChI=1S/C49H62N10O8S/c1-6-7-23-57(28-34-11-15-36(16-12-34)45(62)55-66)48(65)52-37-17-20-40(21-18-37)67-25-8-24-58-29-38(54-56-58)19-22-42(61)53-44(49(3,4)5)47(64)59-30-39(60)26-41(59)46(63)50-27-33-9-13-35(14-10-33)43-32(2)51-31-68-43/h9-18,20-21,29,31,39,41,44,60,66H,6-8,19,22-28,30H2,1-5H3,(H,50,63)(H,52,65)(H,53,61)(H,55,62). The Labute approximate surface area is 400 Å². The van der Waals surface area contributed by atoms with Gasteiger partial charge in [-0.1, -0.05) is 75.7 Å². The zero-order valence-corrected chi connectivity index (χ0v) is 40.1. The number of β-amino-alcohol motifs (C(OH)–C–C–N with tert-alkyl or cyclic N) is 1. The largest absolute Gasteiger partial charge is 0.494 e. The van der Waals surface area contributed by atoms with Gasteiger partial charge in [-0.3, -0.25) is 29.1 Å². The van der Waals surface area contributed by atoms with Gasteiger partial charge in [-0.05, 0) is 71.8 Å². The third-order valence-electron chi connectivity index (χ3n) is 11.6. The van der Waals surface area contributed by atoms with Gasteiger partial charge in [-0.15, -0.1) is 16.4 Å². The Morgan fingerprint density at radius 1 is 0.971 bits per heavy atom. The van der Waals surface area contributed by atoms with Crippen LogP contribution in [0.5, 0.6) is 5.75 Å². The van der Waals surface area contributed by atoms with Gasteiger partial charge in [0.05, 0.1) is 34.5 Å². The molecular formula is C49H62N10O8S. The summed E-state index contributed by atoms with van der Waals surface area (Å²) in [5.74, 6) is -1.12. The molecule has 19 heteroatoms. The number of carbonyl (C=O) groups is 5. The van der Waals surface area contributed by atoms with E-state index in [2.05, 4.69) is 38.2 Å². The van der Waals surface area contributed by atoms with E-state index >= 15 is 0 Å². The molecule has 1 fully saturated rings. The number of aliphatic hydroxyl groups is 1. The van der Waals surface area contributed by atoms with Crippen molar-refractivity contribution in [3.63, 3.8) is 0 Å². The molecule has 3 aromatic carbocycles. The molecule has 0 spiro atoms. The lowest BCUT2D eigenvalue weighted by Crippen LogP contribution is -2.57. The van der Waals surface area contributed by atoms with Gasteiger partial charge in [-0.2, -0.15) is 0 Å². The third kappa shape index (κ3) is 14.2. The molecule has 0 saturated carbocycles. The molecule has 0 aliphatic carbocycles. The predicted molar refractivity (Wildman–Crippen MR) is 257 cm³/mol. The number of urea groups is 1. The van der Waals surface area contributed by atoms with Crippen molar-refractivity contribution in [2.24, 2.45) is 5.41 Å². The van der Waals surface area contributed by atoms with Gasteiger partial charge in [0.2, 0.25) is 17.7 Å². The number of hydrogen-bond donors (Lipinski definition) is 6. The second-order valence-electron chi connectivity index (χ2n) is 18.0. The van der Waals surface area contributed by atoms with E-state index in [0.29, 0.717) is 61.8 Å². The van der Waals surface area contributed by atoms with E-state index in [4.69, 9.17) is 9.94 Å². The Kier molecular flexibility index (Phi) is 17.8. The van der Waals surface area contributed by atoms with Crippen molar-refractivity contribution in [2.45, 2.75) is 111 Å². The number of rotatable bonds is 21. The van der Waals surface area contributed by atoms with Crippen molar-refractivity contribution < 1.29 is 39.0 Å². The smallest absolute Gasteiger partial charge is 0.322 e. The molecule has 1 aliphatic heterocycles. The summed E-state index contributed by atoms with van der Waals surface area (Å²) in [5, 5.41) is 36.7. The molecule has 0 bridgehead atoms. The minimum atomic E-state index is -0.947. The van der Waals surface area contributed by atoms with Gasteiger partial charge < -0.3 is 35.6 Å². The lowest BCUT2D eigenvalue weighted by Gasteiger charge is -2.35. The summed E-state index contributed by atoms with van der Waals surface area (Å²) in [6.07, 6.45) is 3.71. The molecule has 6 N–H and O–H groups in total. The van der Waals surface area contributed by atoms with Crippen LogP contribution in [-0.4, -0.2) is 108 Å². The predicted octanol–water partition coefficient (Wildman–Crippen LogP) is 5.87. The summed E-state index contributed by atoms with van der Waals surface area (Å²) >= 11 is 1.57. The van der Waals surface area contributed by atoms with Crippen LogP contribution >= 0.6 is 11.3 Å². The molecule has 3 unspecified atom stereocenters. The van der Waals surface area contributed by atoms with E-state index in [-0.39, 0.29) is 43.8 Å². The van der Waals surface area contributed by atoms with Crippen LogP contribution in [0, 0.1) is 12.3 Å². The number of hydrogen-bond acceptors (Lipinski definition) is 12. The van der Waals surface area contributed by atoms with Crippen LogP contribution in [0.3, 0.4) is 0 Å². The summed E-state index contributed by atoms with van der Waals surface area (Å²) in [4.78, 5) is 74.3. The number of hydroxylamine groups is 1. The number of carbonyl (C=O) groups excluding carboxylic acids is 5. The minimum Gasteiger partial charge on any atom is -0.494 e. The number of nitrogens with one attached hydrogen (secondary N) is 4. The number of aryl methyl sites for hydroxylation is 3. The van der Waals surface area contributed by atoms with Crippen molar-refractivity contribution in [3.8, 4) is 16.2 Å². The first kappa shape index (κ1) is 50.7. The van der Waals surface area contributed by atoms with Crippen molar-refractivity contribution in [1.82, 2.24) is 45.9 Å². The number of thiazole rings is 1. The fourth-order valence-corrected chi connectivity index (χ4v) is 8.53. The molecule has 1 aliphatic rings. The SMILES string of the molecule is CCCCN(Cc1ccc(C(=O)NO)cc1)C(=O)Nc1ccc(OCCCn2cc(CCC(=O)NC(C(=O)N3CC(O)CC3C(=O)NCc3ccc(-c4scnc4C)cc3)C(C)(C)C)nn2)cc1. The highest BCUT2D eigenvalue weighted by Crippen LogP contribution is 2.29. The van der Waals surface area contributed by atoms with Gasteiger partial charge in [-0.25, -0.2) is 15.3 Å². The summed E-state index contributed by atoms with van der Waals surface area (Å²) in [5.41, 5.74) is 8.01. The maximum Gasteiger partial charge on any atom is 0.322 e. The van der Waals surface area contributed by atoms with E-state index in [1.165, 1.54) is 4.90 Å². The molecule has 2 aromatic heterocycles. The van der Waals surface area contributed by atoms with Gasteiger partial charge in [0.25, 0.3) is 5.91 Å².